The summed E-state index contributed by atoms with van der Waals surface area (Å²) in [5.74, 6) is 1.08. The van der Waals surface area contributed by atoms with Crippen molar-refractivity contribution in [1.29, 1.82) is 0 Å². The number of nitrogens with zero attached hydrogens (tertiary/aromatic N) is 2. The van der Waals surface area contributed by atoms with Crippen molar-refractivity contribution >= 4 is 17.6 Å². The predicted molar refractivity (Wildman–Crippen MR) is 158 cm³/mol. The zero-order chi connectivity index (χ0) is 28.5. The van der Waals surface area contributed by atoms with E-state index < -0.39 is 6.04 Å². The van der Waals surface area contributed by atoms with Crippen molar-refractivity contribution in [3.63, 3.8) is 0 Å². The third-order valence-electron chi connectivity index (χ3n) is 6.36. The zero-order valence-corrected chi connectivity index (χ0v) is 24.0. The second-order valence-electron chi connectivity index (χ2n) is 9.56. The molecule has 2 unspecified atom stereocenters. The molecule has 7 heteroatoms. The van der Waals surface area contributed by atoms with Gasteiger partial charge in [0.25, 0.3) is 5.91 Å². The van der Waals surface area contributed by atoms with Crippen LogP contribution in [0.3, 0.4) is 0 Å². The average Bonchev–Trinajstić information content (AvgIpc) is 3.14. The molecule has 206 valence electrons. The predicted octanol–water partition coefficient (Wildman–Crippen LogP) is 4.97. The summed E-state index contributed by atoms with van der Waals surface area (Å²) in [5.41, 5.74) is 4.21. The van der Waals surface area contributed by atoms with Crippen molar-refractivity contribution in [2.24, 2.45) is 4.99 Å². The van der Waals surface area contributed by atoms with E-state index in [-0.39, 0.29) is 24.0 Å². The number of ether oxygens (including phenoxy) is 1. The monoisotopic (exact) mass is 528 g/mol. The summed E-state index contributed by atoms with van der Waals surface area (Å²) in [6, 6.07) is 12.7. The van der Waals surface area contributed by atoms with E-state index in [0.717, 1.165) is 34.0 Å². The van der Waals surface area contributed by atoms with E-state index >= 15 is 0 Å². The Kier molecular flexibility index (Phi) is 10.3. The summed E-state index contributed by atoms with van der Waals surface area (Å²) in [6.45, 7) is 9.82. The molecule has 39 heavy (non-hydrogen) atoms. The summed E-state index contributed by atoms with van der Waals surface area (Å²) in [5, 5.41) is 5.56. The Morgan fingerprint density at radius 3 is 2.44 bits per heavy atom. The molecule has 1 aliphatic carbocycles. The van der Waals surface area contributed by atoms with Gasteiger partial charge in [0.05, 0.1) is 17.8 Å². The van der Waals surface area contributed by atoms with Crippen LogP contribution in [0.15, 0.2) is 83.5 Å². The Morgan fingerprint density at radius 1 is 1.08 bits per heavy atom. The summed E-state index contributed by atoms with van der Waals surface area (Å²) >= 11 is 0. The highest BCUT2D eigenvalue weighted by Crippen LogP contribution is 2.23. The van der Waals surface area contributed by atoms with Gasteiger partial charge in [-0.15, -0.1) is 0 Å². The highest BCUT2D eigenvalue weighted by Gasteiger charge is 2.23. The third kappa shape index (κ3) is 7.47. The molecule has 1 heterocycles. The lowest BCUT2D eigenvalue weighted by Gasteiger charge is -2.30. The minimum Gasteiger partial charge on any atom is -0.491 e. The molecule has 2 amide bonds. The number of carbonyl (C=O) groups is 2. The Bertz CT molecular complexity index is 1290. The van der Waals surface area contributed by atoms with Crippen LogP contribution in [0.1, 0.15) is 54.7 Å². The van der Waals surface area contributed by atoms with E-state index in [9.17, 15) is 9.59 Å². The van der Waals surface area contributed by atoms with Gasteiger partial charge in [0.15, 0.2) is 0 Å². The van der Waals surface area contributed by atoms with Crippen LogP contribution in [-0.4, -0.2) is 54.8 Å². The number of allylic oxidation sites excluding steroid dienone is 3. The fraction of sp³-hybridized carbons (Fsp3) is 0.344. The molecule has 7 nitrogen and oxygen atoms in total. The van der Waals surface area contributed by atoms with Crippen LogP contribution in [0.2, 0.25) is 0 Å². The van der Waals surface area contributed by atoms with Crippen molar-refractivity contribution in [2.45, 2.75) is 59.2 Å². The van der Waals surface area contributed by atoms with Crippen molar-refractivity contribution in [3.05, 3.63) is 101 Å². The number of amides is 2. The number of amidine groups is 1. The molecule has 2 atom stereocenters. The van der Waals surface area contributed by atoms with Gasteiger partial charge in [0, 0.05) is 31.6 Å². The number of fused-ring (bicyclic) bond motifs is 1. The largest absolute Gasteiger partial charge is 0.491 e. The molecule has 0 saturated carbocycles. The molecule has 0 aromatic heterocycles. The van der Waals surface area contributed by atoms with Crippen molar-refractivity contribution in [1.82, 2.24) is 15.5 Å². The number of hydrogen-bond donors (Lipinski definition) is 2. The maximum absolute atomic E-state index is 13.0. The van der Waals surface area contributed by atoms with Gasteiger partial charge >= 0.3 is 0 Å². The molecular formula is C32H40N4O3. The highest BCUT2D eigenvalue weighted by molar-refractivity contribution is 6.01. The van der Waals surface area contributed by atoms with E-state index in [1.807, 2.05) is 84.2 Å². The second kappa shape index (κ2) is 13.6. The number of benzene rings is 2. The molecule has 2 aromatic rings. The summed E-state index contributed by atoms with van der Waals surface area (Å²) < 4.78 is 5.77. The number of likely N-dealkylation sites (N-methyl/N-ethyl adjacent to an activating group) is 2. The van der Waals surface area contributed by atoms with Gasteiger partial charge < -0.3 is 20.3 Å². The first-order valence-electron chi connectivity index (χ1n) is 13.5. The maximum Gasteiger partial charge on any atom is 0.251 e. The van der Waals surface area contributed by atoms with Gasteiger partial charge in [-0.25, -0.2) is 4.99 Å². The van der Waals surface area contributed by atoms with Crippen molar-refractivity contribution in [2.75, 3.05) is 14.1 Å². The lowest BCUT2D eigenvalue weighted by molar-refractivity contribution is -0.122. The van der Waals surface area contributed by atoms with E-state index in [1.165, 1.54) is 0 Å². The van der Waals surface area contributed by atoms with Crippen LogP contribution in [0.4, 0.5) is 0 Å². The normalized spacial score (nSPS) is 16.3. The smallest absolute Gasteiger partial charge is 0.251 e. The first-order valence-corrected chi connectivity index (χ1v) is 13.5. The van der Waals surface area contributed by atoms with Gasteiger partial charge in [-0.1, -0.05) is 56.3 Å². The van der Waals surface area contributed by atoms with Gasteiger partial charge in [-0.3, -0.25) is 9.59 Å². The summed E-state index contributed by atoms with van der Waals surface area (Å²) in [6.07, 6.45) is 10.7. The van der Waals surface area contributed by atoms with Gasteiger partial charge in [-0.2, -0.15) is 0 Å². The number of rotatable bonds is 8. The highest BCUT2D eigenvalue weighted by atomic mass is 16.5. The number of hydrogen-bond acceptors (Lipinski definition) is 5. The second-order valence-corrected chi connectivity index (χ2v) is 9.56. The molecule has 2 aromatic carbocycles. The Hall–Kier alpha value is -4.13. The molecule has 0 spiro atoms. The first-order chi connectivity index (χ1) is 18.7. The Balaban J connectivity index is 0.00000205. The number of aliphatic imine (C=N–C) groups is 1. The van der Waals surface area contributed by atoms with E-state index in [1.54, 1.807) is 25.2 Å². The van der Waals surface area contributed by atoms with Crippen molar-refractivity contribution < 1.29 is 14.3 Å². The fourth-order valence-electron chi connectivity index (χ4n) is 4.37. The van der Waals surface area contributed by atoms with Crippen molar-refractivity contribution in [3.8, 4) is 5.75 Å². The van der Waals surface area contributed by atoms with Crippen LogP contribution in [0.25, 0.3) is 0 Å². The number of carbonyl (C=O) groups excluding carboxylic acids is 2. The summed E-state index contributed by atoms with van der Waals surface area (Å²) in [4.78, 5) is 32.6. The van der Waals surface area contributed by atoms with Gasteiger partial charge in [-0.05, 0) is 62.2 Å². The Morgan fingerprint density at radius 2 is 1.79 bits per heavy atom. The molecular weight excluding hydrogens is 488 g/mol. The van der Waals surface area contributed by atoms with Crippen LogP contribution in [-0.2, 0) is 11.2 Å². The molecule has 2 aliphatic rings. The number of nitrogens with one attached hydrogen (secondary N) is 2. The minimum atomic E-state index is -0.715. The van der Waals surface area contributed by atoms with E-state index in [2.05, 4.69) is 27.7 Å². The maximum atomic E-state index is 13.0. The zero-order valence-electron chi connectivity index (χ0n) is 24.0. The average molecular weight is 529 g/mol. The lowest BCUT2D eigenvalue weighted by atomic mass is 10.0. The van der Waals surface area contributed by atoms with Crippen LogP contribution in [0, 0.1) is 6.92 Å². The quantitative estimate of drug-likeness (QED) is 0.507. The third-order valence-corrected chi connectivity index (χ3v) is 6.36. The lowest BCUT2D eigenvalue weighted by Crippen LogP contribution is -2.47. The SMILES string of the molecule is CC.CNC(=O)C(Cc1ccc(C2=NC3=CC(C=CC=C3)N2C)cc1)NC(=O)c1ccc(OC(C)C)c(C)c1. The molecule has 2 N–H and O–H groups in total. The molecule has 0 saturated heterocycles. The van der Waals surface area contributed by atoms with Gasteiger partial charge in [0.1, 0.15) is 17.6 Å². The van der Waals surface area contributed by atoms with Gasteiger partial charge in [0.2, 0.25) is 5.91 Å². The van der Waals surface area contributed by atoms with E-state index in [0.29, 0.717) is 12.0 Å². The molecule has 1 aliphatic heterocycles. The molecule has 4 rings (SSSR count). The minimum absolute atomic E-state index is 0.0443. The molecule has 0 fully saturated rings. The topological polar surface area (TPSA) is 83.0 Å². The fourth-order valence-corrected chi connectivity index (χ4v) is 4.37. The standard InChI is InChI=1S/C30H34N4O3.C2H6/c1-19(2)37-27-15-14-23(16-20(27)3)29(35)33-26(30(36)31-4)17-21-10-12-22(13-11-21)28-32-24-8-6-7-9-25(18-24)34(28)5;1-2/h6-16,18-19,25-26H,17H2,1-5H3,(H,31,36)(H,33,35);1-2H3. The van der Waals surface area contributed by atoms with Crippen LogP contribution >= 0.6 is 0 Å². The molecule has 2 bridgehead atoms. The first kappa shape index (κ1) is 29.4. The molecule has 0 radical (unpaired) electrons. The number of aryl methyl sites for hydroxylation is 1. The summed E-state index contributed by atoms with van der Waals surface area (Å²) in [7, 11) is 3.60. The van der Waals surface area contributed by atoms with E-state index in [4.69, 9.17) is 9.73 Å². The Labute approximate surface area is 232 Å². The van der Waals surface area contributed by atoms with Crippen LogP contribution < -0.4 is 15.4 Å². The van der Waals surface area contributed by atoms with Crippen LogP contribution in [0.5, 0.6) is 5.75 Å².